The molecule has 0 bridgehead atoms. The van der Waals surface area contributed by atoms with Crippen molar-refractivity contribution in [2.24, 2.45) is 5.73 Å². The highest BCUT2D eigenvalue weighted by Gasteiger charge is 2.00. The number of allylic oxidation sites excluding steroid dienone is 4. The molecule has 3 N–H and O–H groups in total. The van der Waals surface area contributed by atoms with Gasteiger partial charge in [-0.25, -0.2) is 0 Å². The van der Waals surface area contributed by atoms with Gasteiger partial charge in [0, 0.05) is 5.70 Å². The van der Waals surface area contributed by atoms with Crippen LogP contribution in [0.2, 0.25) is 0 Å². The van der Waals surface area contributed by atoms with E-state index in [9.17, 15) is 4.79 Å². The van der Waals surface area contributed by atoms with Gasteiger partial charge in [-0.3, -0.25) is 4.79 Å². The quantitative estimate of drug-likeness (QED) is 0.735. The van der Waals surface area contributed by atoms with Crippen molar-refractivity contribution >= 4 is 5.91 Å². The van der Waals surface area contributed by atoms with Crippen LogP contribution < -0.4 is 11.1 Å². The fourth-order valence-electron chi connectivity index (χ4n) is 1.16. The second-order valence-electron chi connectivity index (χ2n) is 3.53. The summed E-state index contributed by atoms with van der Waals surface area (Å²) in [6.07, 6.45) is 7.98. The predicted octanol–water partition coefficient (Wildman–Crippen LogP) is 1.85. The van der Waals surface area contributed by atoms with E-state index in [1.807, 2.05) is 32.1 Å². The second kappa shape index (κ2) is 9.66. The molecular formula is C13H22N2O2. The number of carbonyl (C=O) groups excluding carboxylic acids is 1. The molecule has 0 saturated heterocycles. The fraction of sp³-hybridized carbons (Fsp3) is 0.462. The molecule has 17 heavy (non-hydrogen) atoms. The van der Waals surface area contributed by atoms with Crippen molar-refractivity contribution in [1.29, 1.82) is 0 Å². The molecule has 1 amide bonds. The lowest BCUT2D eigenvalue weighted by Crippen LogP contribution is -2.29. The Morgan fingerprint density at radius 3 is 2.65 bits per heavy atom. The third-order valence-corrected chi connectivity index (χ3v) is 1.85. The highest BCUT2D eigenvalue weighted by molar-refractivity contribution is 5.80. The molecule has 0 aromatic carbocycles. The van der Waals surface area contributed by atoms with Crippen molar-refractivity contribution in [3.8, 4) is 0 Å². The highest BCUT2D eigenvalue weighted by Crippen LogP contribution is 2.05. The summed E-state index contributed by atoms with van der Waals surface area (Å²) in [5.41, 5.74) is 5.99. The van der Waals surface area contributed by atoms with E-state index in [1.54, 1.807) is 0 Å². The van der Waals surface area contributed by atoms with Crippen LogP contribution in [0.4, 0.5) is 0 Å². The highest BCUT2D eigenvalue weighted by atomic mass is 16.5. The molecule has 0 fully saturated rings. The van der Waals surface area contributed by atoms with Crippen molar-refractivity contribution in [3.63, 3.8) is 0 Å². The first-order valence-electron chi connectivity index (χ1n) is 5.75. The largest absolute Gasteiger partial charge is 0.499 e. The molecule has 4 heteroatoms. The van der Waals surface area contributed by atoms with E-state index in [-0.39, 0.29) is 12.5 Å². The monoisotopic (exact) mass is 238 g/mol. The maximum atomic E-state index is 10.8. The van der Waals surface area contributed by atoms with Gasteiger partial charge in [0.05, 0.1) is 18.9 Å². The smallest absolute Gasteiger partial charge is 0.238 e. The number of nitrogens with one attached hydrogen (secondary N) is 1. The molecule has 0 atom stereocenters. The van der Waals surface area contributed by atoms with E-state index in [2.05, 4.69) is 11.9 Å². The molecule has 1 aliphatic rings. The molecule has 0 radical (unpaired) electrons. The molecule has 4 nitrogen and oxygen atoms in total. The van der Waals surface area contributed by atoms with Crippen molar-refractivity contribution in [3.05, 3.63) is 36.3 Å². The molecule has 1 rings (SSSR count). The second-order valence-corrected chi connectivity index (χ2v) is 3.53. The lowest BCUT2D eigenvalue weighted by atomic mass is 10.1. The number of nitrogens with two attached hydrogens (primary N) is 1. The number of ether oxygens (including phenoxy) is 1. The number of amides is 1. The van der Waals surface area contributed by atoms with Crippen molar-refractivity contribution in [2.75, 3.05) is 13.2 Å². The molecule has 0 spiro atoms. The number of carbonyl (C=O) groups is 1. The summed E-state index contributed by atoms with van der Waals surface area (Å²) in [6.45, 7) is 8.08. The fourth-order valence-corrected chi connectivity index (χ4v) is 1.16. The Bertz CT molecular complexity index is 307. The molecule has 0 aromatic heterocycles. The van der Waals surface area contributed by atoms with Gasteiger partial charge in [-0.15, -0.1) is 0 Å². The minimum absolute atomic E-state index is 0.0468. The number of hydrogen-bond donors (Lipinski definition) is 2. The summed E-state index contributed by atoms with van der Waals surface area (Å²) < 4.78 is 4.85. The maximum Gasteiger partial charge on any atom is 0.238 e. The Morgan fingerprint density at radius 2 is 2.29 bits per heavy atom. The predicted molar refractivity (Wildman–Crippen MR) is 70.1 cm³/mol. The third-order valence-electron chi connectivity index (χ3n) is 1.85. The van der Waals surface area contributed by atoms with Crippen LogP contribution >= 0.6 is 0 Å². The van der Waals surface area contributed by atoms with Gasteiger partial charge in [-0.2, -0.15) is 0 Å². The topological polar surface area (TPSA) is 64.3 Å². The molecule has 0 aliphatic heterocycles. The summed E-state index contributed by atoms with van der Waals surface area (Å²) in [5.74, 6) is 0.653. The SMILES string of the molecule is C=C(C)OCC.NCC(=O)NC1=CCCC=C1. The number of hydrogen-bond acceptors (Lipinski definition) is 3. The van der Waals surface area contributed by atoms with E-state index in [0.29, 0.717) is 0 Å². The molecule has 96 valence electrons. The van der Waals surface area contributed by atoms with Gasteiger partial charge in [0.25, 0.3) is 0 Å². The van der Waals surface area contributed by atoms with E-state index in [4.69, 9.17) is 10.5 Å². The molecule has 1 aliphatic carbocycles. The lowest BCUT2D eigenvalue weighted by molar-refractivity contribution is -0.118. The maximum absolute atomic E-state index is 10.8. The van der Waals surface area contributed by atoms with Crippen molar-refractivity contribution in [2.45, 2.75) is 26.7 Å². The first-order chi connectivity index (χ1) is 8.10. The Labute approximate surface area is 103 Å². The van der Waals surface area contributed by atoms with E-state index >= 15 is 0 Å². The van der Waals surface area contributed by atoms with Gasteiger partial charge in [0.2, 0.25) is 5.91 Å². The zero-order valence-corrected chi connectivity index (χ0v) is 10.7. The standard InChI is InChI=1S/C8H12N2O.C5H10O/c9-6-8(11)10-7-4-2-1-3-5-7;1-4-6-5(2)3/h2,4-5H,1,3,6,9H2,(H,10,11);2,4H2,1,3H3. The zero-order valence-electron chi connectivity index (χ0n) is 10.7. The number of rotatable bonds is 4. The Hall–Kier alpha value is -1.55. The third kappa shape index (κ3) is 9.38. The van der Waals surface area contributed by atoms with Crippen LogP contribution in [0.1, 0.15) is 26.7 Å². The summed E-state index contributed by atoms with van der Waals surface area (Å²) in [6, 6.07) is 0. The molecule has 0 heterocycles. The Morgan fingerprint density at radius 1 is 1.59 bits per heavy atom. The van der Waals surface area contributed by atoms with Crippen LogP contribution in [-0.2, 0) is 9.53 Å². The normalized spacial score (nSPS) is 13.0. The van der Waals surface area contributed by atoms with Gasteiger partial charge in [-0.05, 0) is 32.8 Å². The Kier molecular flexibility index (Phi) is 8.78. The summed E-state index contributed by atoms with van der Waals surface area (Å²) in [5, 5.41) is 2.68. The van der Waals surface area contributed by atoms with Gasteiger partial charge in [-0.1, -0.05) is 18.7 Å². The van der Waals surface area contributed by atoms with Crippen LogP contribution in [0.15, 0.2) is 36.3 Å². The summed E-state index contributed by atoms with van der Waals surface area (Å²) in [7, 11) is 0. The van der Waals surface area contributed by atoms with Crippen molar-refractivity contribution in [1.82, 2.24) is 5.32 Å². The first kappa shape index (κ1) is 15.4. The summed E-state index contributed by atoms with van der Waals surface area (Å²) >= 11 is 0. The lowest BCUT2D eigenvalue weighted by Gasteiger charge is -2.07. The van der Waals surface area contributed by atoms with E-state index in [0.717, 1.165) is 30.9 Å². The van der Waals surface area contributed by atoms with Gasteiger partial charge in [0.1, 0.15) is 0 Å². The van der Waals surface area contributed by atoms with Crippen LogP contribution in [0.25, 0.3) is 0 Å². The van der Waals surface area contributed by atoms with Gasteiger partial charge < -0.3 is 15.8 Å². The first-order valence-corrected chi connectivity index (χ1v) is 5.75. The van der Waals surface area contributed by atoms with Crippen LogP contribution in [0.5, 0.6) is 0 Å². The minimum Gasteiger partial charge on any atom is -0.499 e. The van der Waals surface area contributed by atoms with Gasteiger partial charge in [0.15, 0.2) is 0 Å². The zero-order chi connectivity index (χ0) is 13.1. The molecule has 0 unspecified atom stereocenters. The van der Waals surface area contributed by atoms with Crippen LogP contribution in [0, 0.1) is 0 Å². The summed E-state index contributed by atoms with van der Waals surface area (Å²) in [4.78, 5) is 10.8. The van der Waals surface area contributed by atoms with E-state index < -0.39 is 0 Å². The van der Waals surface area contributed by atoms with E-state index in [1.165, 1.54) is 0 Å². The van der Waals surface area contributed by atoms with Crippen molar-refractivity contribution < 1.29 is 9.53 Å². The molecule has 0 saturated carbocycles. The van der Waals surface area contributed by atoms with Crippen LogP contribution in [0.3, 0.4) is 0 Å². The molecular weight excluding hydrogens is 216 g/mol. The van der Waals surface area contributed by atoms with Gasteiger partial charge >= 0.3 is 0 Å². The average Bonchev–Trinajstić information content (AvgIpc) is 2.31. The Balaban J connectivity index is 0.000000366. The minimum atomic E-state index is -0.136. The molecule has 0 aromatic rings. The van der Waals surface area contributed by atoms with Crippen LogP contribution in [-0.4, -0.2) is 19.1 Å². The average molecular weight is 238 g/mol.